The topological polar surface area (TPSA) is 99.7 Å². The lowest BCUT2D eigenvalue weighted by Crippen LogP contribution is -2.46. The average Bonchev–Trinajstić information content (AvgIpc) is 2.82. The van der Waals surface area contributed by atoms with E-state index >= 15 is 0 Å². The summed E-state index contributed by atoms with van der Waals surface area (Å²) in [5.74, 6) is -0.106. The Morgan fingerprint density at radius 1 is 1.18 bits per heavy atom. The molecule has 1 N–H and O–H groups in total. The molecule has 1 aromatic carbocycles. The van der Waals surface area contributed by atoms with Crippen LogP contribution in [0.2, 0.25) is 0 Å². The summed E-state index contributed by atoms with van der Waals surface area (Å²) in [7, 11) is 0. The van der Waals surface area contributed by atoms with Crippen LogP contribution in [0.3, 0.4) is 0 Å². The quantitative estimate of drug-likeness (QED) is 0.481. The predicted octanol–water partition coefficient (Wildman–Crippen LogP) is 2.53. The van der Waals surface area contributed by atoms with Crippen molar-refractivity contribution in [1.29, 1.82) is 5.26 Å². The van der Waals surface area contributed by atoms with E-state index in [9.17, 15) is 14.9 Å². The standard InChI is InChI=1S/C25H25N5O3/c1-17-15-29(16-18(2)33-17)23-21(25(32)30-11-7-6-10-22(30)28-23)12-20(13-26)24(31)27-14-19-8-4-3-5-9-19/h3-12,17-18H,14-16H2,1-2H3,(H,27,31)/b20-12+. The fourth-order valence-corrected chi connectivity index (χ4v) is 3.98. The third-order valence-electron chi connectivity index (χ3n) is 5.42. The molecule has 1 fully saturated rings. The van der Waals surface area contributed by atoms with Crippen molar-refractivity contribution in [3.8, 4) is 6.07 Å². The molecule has 8 heteroatoms. The largest absolute Gasteiger partial charge is 0.372 e. The molecule has 0 saturated carbocycles. The molecule has 0 radical (unpaired) electrons. The fourth-order valence-electron chi connectivity index (χ4n) is 3.98. The van der Waals surface area contributed by atoms with E-state index in [0.717, 1.165) is 5.56 Å². The molecule has 3 heterocycles. The van der Waals surface area contributed by atoms with Crippen LogP contribution in [0.1, 0.15) is 25.0 Å². The molecule has 1 saturated heterocycles. The van der Waals surface area contributed by atoms with Crippen LogP contribution < -0.4 is 15.8 Å². The normalized spacial score (nSPS) is 18.7. The van der Waals surface area contributed by atoms with Gasteiger partial charge in [0.1, 0.15) is 23.1 Å². The highest BCUT2D eigenvalue weighted by atomic mass is 16.5. The molecule has 1 aliphatic rings. The minimum Gasteiger partial charge on any atom is -0.372 e. The van der Waals surface area contributed by atoms with Gasteiger partial charge in [-0.2, -0.15) is 5.26 Å². The Morgan fingerprint density at radius 3 is 2.58 bits per heavy atom. The molecule has 33 heavy (non-hydrogen) atoms. The van der Waals surface area contributed by atoms with Gasteiger partial charge in [-0.25, -0.2) is 4.98 Å². The number of hydrogen-bond donors (Lipinski definition) is 1. The van der Waals surface area contributed by atoms with Crippen molar-refractivity contribution in [2.45, 2.75) is 32.6 Å². The molecule has 0 bridgehead atoms. The lowest BCUT2D eigenvalue weighted by Gasteiger charge is -2.36. The zero-order chi connectivity index (χ0) is 23.4. The number of anilines is 1. The van der Waals surface area contributed by atoms with Crippen LogP contribution in [-0.4, -0.2) is 40.6 Å². The Kier molecular flexibility index (Phi) is 6.52. The van der Waals surface area contributed by atoms with Gasteiger partial charge in [-0.15, -0.1) is 0 Å². The van der Waals surface area contributed by atoms with E-state index in [0.29, 0.717) is 24.6 Å². The number of hydrogen-bond acceptors (Lipinski definition) is 6. The molecule has 2 unspecified atom stereocenters. The van der Waals surface area contributed by atoms with Crippen LogP contribution in [0.25, 0.3) is 11.7 Å². The highest BCUT2D eigenvalue weighted by Gasteiger charge is 2.27. The van der Waals surface area contributed by atoms with Gasteiger partial charge in [-0.1, -0.05) is 36.4 Å². The number of morpholine rings is 1. The van der Waals surface area contributed by atoms with E-state index < -0.39 is 5.91 Å². The van der Waals surface area contributed by atoms with Crippen LogP contribution in [0.5, 0.6) is 0 Å². The number of nitriles is 1. The molecular formula is C25H25N5O3. The number of carbonyl (C=O) groups excluding carboxylic acids is 1. The number of benzene rings is 1. The lowest BCUT2D eigenvalue weighted by molar-refractivity contribution is -0.117. The Labute approximate surface area is 191 Å². The predicted molar refractivity (Wildman–Crippen MR) is 126 cm³/mol. The average molecular weight is 444 g/mol. The summed E-state index contributed by atoms with van der Waals surface area (Å²) >= 11 is 0. The highest BCUT2D eigenvalue weighted by Crippen LogP contribution is 2.23. The molecular weight excluding hydrogens is 418 g/mol. The minimum absolute atomic E-state index is 0.0498. The van der Waals surface area contributed by atoms with Gasteiger partial charge in [-0.05, 0) is 37.6 Å². The van der Waals surface area contributed by atoms with E-state index in [2.05, 4.69) is 5.32 Å². The second kappa shape index (κ2) is 9.67. The summed E-state index contributed by atoms with van der Waals surface area (Å²) in [4.78, 5) is 32.8. The number of ether oxygens (including phenoxy) is 1. The number of aromatic nitrogens is 2. The van der Waals surface area contributed by atoms with Crippen LogP contribution in [-0.2, 0) is 16.1 Å². The number of amides is 1. The van der Waals surface area contributed by atoms with Gasteiger partial charge in [0.25, 0.3) is 11.5 Å². The zero-order valence-electron chi connectivity index (χ0n) is 18.6. The van der Waals surface area contributed by atoms with E-state index in [4.69, 9.17) is 9.72 Å². The summed E-state index contributed by atoms with van der Waals surface area (Å²) < 4.78 is 7.24. The summed E-state index contributed by atoms with van der Waals surface area (Å²) in [5.41, 5.74) is 1.11. The monoisotopic (exact) mass is 443 g/mol. The number of fused-ring (bicyclic) bond motifs is 1. The van der Waals surface area contributed by atoms with Gasteiger partial charge in [0.2, 0.25) is 0 Å². The zero-order valence-corrected chi connectivity index (χ0v) is 18.6. The van der Waals surface area contributed by atoms with Crippen molar-refractivity contribution in [2.75, 3.05) is 18.0 Å². The van der Waals surface area contributed by atoms with E-state index in [1.807, 2.05) is 61.2 Å². The second-order valence-corrected chi connectivity index (χ2v) is 8.08. The van der Waals surface area contributed by atoms with Gasteiger partial charge in [-0.3, -0.25) is 14.0 Å². The van der Waals surface area contributed by atoms with Gasteiger partial charge >= 0.3 is 0 Å². The lowest BCUT2D eigenvalue weighted by atomic mass is 10.1. The number of rotatable bonds is 5. The smallest absolute Gasteiger partial charge is 0.267 e. The number of pyridine rings is 1. The van der Waals surface area contributed by atoms with Crippen molar-refractivity contribution in [3.05, 3.63) is 81.8 Å². The first-order valence-corrected chi connectivity index (χ1v) is 10.8. The van der Waals surface area contributed by atoms with Crippen molar-refractivity contribution in [1.82, 2.24) is 14.7 Å². The number of carbonyl (C=O) groups is 1. The maximum Gasteiger partial charge on any atom is 0.267 e. The third-order valence-corrected chi connectivity index (χ3v) is 5.42. The second-order valence-electron chi connectivity index (χ2n) is 8.08. The molecule has 0 spiro atoms. The van der Waals surface area contributed by atoms with Crippen LogP contribution >= 0.6 is 0 Å². The summed E-state index contributed by atoms with van der Waals surface area (Å²) in [6.07, 6.45) is 2.87. The van der Waals surface area contributed by atoms with Crippen molar-refractivity contribution in [2.24, 2.45) is 0 Å². The molecule has 1 aliphatic heterocycles. The molecule has 3 aromatic rings. The first-order valence-electron chi connectivity index (χ1n) is 10.8. The Balaban J connectivity index is 1.75. The van der Waals surface area contributed by atoms with Gasteiger partial charge in [0.05, 0.1) is 17.8 Å². The number of nitrogens with one attached hydrogen (secondary N) is 1. The maximum absolute atomic E-state index is 13.4. The maximum atomic E-state index is 13.4. The van der Waals surface area contributed by atoms with Gasteiger partial charge in [0, 0.05) is 25.8 Å². The minimum atomic E-state index is -0.548. The summed E-state index contributed by atoms with van der Waals surface area (Å²) in [6.45, 7) is 5.29. The molecule has 168 valence electrons. The third kappa shape index (κ3) is 4.94. The Morgan fingerprint density at radius 2 is 1.88 bits per heavy atom. The summed E-state index contributed by atoms with van der Waals surface area (Å²) in [6, 6.07) is 16.6. The molecule has 4 rings (SSSR count). The van der Waals surface area contributed by atoms with E-state index in [1.54, 1.807) is 18.3 Å². The van der Waals surface area contributed by atoms with Crippen LogP contribution in [0, 0.1) is 11.3 Å². The molecule has 2 aromatic heterocycles. The SMILES string of the molecule is CC1CN(c2nc3ccccn3c(=O)c2/C=C(\C#N)C(=O)NCc2ccccc2)CC(C)O1. The van der Waals surface area contributed by atoms with Crippen LogP contribution in [0.15, 0.2) is 65.1 Å². The Bertz CT molecular complexity index is 1280. The fraction of sp³-hybridized carbons (Fsp3) is 0.280. The Hall–Kier alpha value is -3.96. The van der Waals surface area contributed by atoms with E-state index in [1.165, 1.54) is 10.5 Å². The first-order chi connectivity index (χ1) is 16.0. The van der Waals surface area contributed by atoms with Crippen molar-refractivity contribution in [3.63, 3.8) is 0 Å². The van der Waals surface area contributed by atoms with Crippen molar-refractivity contribution >= 4 is 23.4 Å². The first kappa shape index (κ1) is 22.2. The highest BCUT2D eigenvalue weighted by molar-refractivity contribution is 6.02. The van der Waals surface area contributed by atoms with Gasteiger partial charge < -0.3 is 15.0 Å². The molecule has 2 atom stereocenters. The van der Waals surface area contributed by atoms with Crippen molar-refractivity contribution < 1.29 is 9.53 Å². The molecule has 1 amide bonds. The molecule has 0 aliphatic carbocycles. The molecule has 8 nitrogen and oxygen atoms in total. The van der Waals surface area contributed by atoms with Crippen LogP contribution in [0.4, 0.5) is 5.82 Å². The summed E-state index contributed by atoms with van der Waals surface area (Å²) in [5, 5.41) is 12.4. The van der Waals surface area contributed by atoms with E-state index in [-0.39, 0.29) is 35.4 Å². The van der Waals surface area contributed by atoms with Gasteiger partial charge in [0.15, 0.2) is 0 Å². The number of nitrogens with zero attached hydrogens (tertiary/aromatic N) is 4.